The Morgan fingerprint density at radius 3 is 2.19 bits per heavy atom. The molecule has 200 valence electrons. The van der Waals surface area contributed by atoms with Gasteiger partial charge in [0.05, 0.1) is 16.6 Å². The van der Waals surface area contributed by atoms with E-state index in [9.17, 15) is 0 Å². The summed E-state index contributed by atoms with van der Waals surface area (Å²) >= 11 is 1.86. The van der Waals surface area contributed by atoms with Crippen LogP contribution in [0.5, 0.6) is 0 Å². The summed E-state index contributed by atoms with van der Waals surface area (Å²) in [5.74, 6) is 0. The van der Waals surface area contributed by atoms with Crippen LogP contribution < -0.4 is 10.6 Å². The zero-order chi connectivity index (χ0) is 27.6. The van der Waals surface area contributed by atoms with E-state index in [0.29, 0.717) is 0 Å². The van der Waals surface area contributed by atoms with E-state index >= 15 is 0 Å². The summed E-state index contributed by atoms with van der Waals surface area (Å²) < 4.78 is 7.72. The largest absolute Gasteiger partial charge is 0.456 e. The van der Waals surface area contributed by atoms with Gasteiger partial charge in [-0.3, -0.25) is 5.32 Å². The third-order valence-electron chi connectivity index (χ3n) is 8.58. The number of anilines is 1. The second kappa shape index (κ2) is 9.31. The van der Waals surface area contributed by atoms with Gasteiger partial charge in [-0.2, -0.15) is 0 Å². The molecule has 0 saturated carbocycles. The Morgan fingerprint density at radius 1 is 0.571 bits per heavy atom. The summed E-state index contributed by atoms with van der Waals surface area (Å²) in [4.78, 5) is 1.32. The van der Waals surface area contributed by atoms with Crippen LogP contribution in [0.1, 0.15) is 28.2 Å². The SMILES string of the molecule is c1ccc(-c2ccc(C3NC(c4ccc5c(c4)oc4ccc6ccccc6c45)Nc4c3sc3ccccc43)cc2)cc1. The Kier molecular flexibility index (Phi) is 5.27. The molecule has 6 aromatic carbocycles. The third kappa shape index (κ3) is 3.69. The summed E-state index contributed by atoms with van der Waals surface area (Å²) in [6, 6.07) is 47.7. The Labute approximate surface area is 247 Å². The first-order chi connectivity index (χ1) is 20.8. The fraction of sp³-hybridized carbons (Fsp3) is 0.0526. The minimum Gasteiger partial charge on any atom is -0.456 e. The number of hydrogen-bond donors (Lipinski definition) is 2. The van der Waals surface area contributed by atoms with Gasteiger partial charge in [-0.15, -0.1) is 11.3 Å². The molecule has 1 aliphatic heterocycles. The van der Waals surface area contributed by atoms with Gasteiger partial charge < -0.3 is 9.73 Å². The monoisotopic (exact) mass is 558 g/mol. The standard InChI is InChI=1S/C38H26N2OS/c1-2-8-23(9-3-1)24-14-16-26(17-15-24)35-37-36(30-12-6-7-13-33(30)42-37)40-38(39-35)27-18-20-29-32(22-27)41-31-21-19-25-10-4-5-11-28(25)34(29)31/h1-22,35,38-40H. The molecule has 1 aliphatic rings. The predicted molar refractivity (Wildman–Crippen MR) is 176 cm³/mol. The van der Waals surface area contributed by atoms with Crippen molar-refractivity contribution in [2.24, 2.45) is 0 Å². The number of nitrogens with one attached hydrogen (secondary N) is 2. The minimum absolute atomic E-state index is 0.0591. The van der Waals surface area contributed by atoms with Crippen LogP contribution in [0, 0.1) is 0 Å². The molecule has 8 aromatic rings. The molecular formula is C38H26N2OS. The van der Waals surface area contributed by atoms with E-state index in [1.165, 1.54) is 53.5 Å². The molecule has 0 fully saturated rings. The summed E-state index contributed by atoms with van der Waals surface area (Å²) in [5.41, 5.74) is 7.91. The van der Waals surface area contributed by atoms with Crippen LogP contribution in [-0.4, -0.2) is 0 Å². The van der Waals surface area contributed by atoms with Crippen LogP contribution in [0.2, 0.25) is 0 Å². The van der Waals surface area contributed by atoms with E-state index < -0.39 is 0 Å². The van der Waals surface area contributed by atoms with Gasteiger partial charge in [-0.05, 0) is 51.2 Å². The maximum Gasteiger partial charge on any atom is 0.136 e. The number of fused-ring (bicyclic) bond motifs is 8. The average molecular weight is 559 g/mol. The molecule has 4 heteroatoms. The maximum atomic E-state index is 6.43. The first-order valence-corrected chi connectivity index (χ1v) is 15.2. The lowest BCUT2D eigenvalue weighted by Gasteiger charge is -2.33. The highest BCUT2D eigenvalue weighted by molar-refractivity contribution is 7.20. The number of thiophene rings is 1. The fourth-order valence-corrected chi connectivity index (χ4v) is 7.77. The van der Waals surface area contributed by atoms with Gasteiger partial charge >= 0.3 is 0 Å². The maximum absolute atomic E-state index is 6.43. The van der Waals surface area contributed by atoms with Crippen LogP contribution >= 0.6 is 11.3 Å². The van der Waals surface area contributed by atoms with Crippen molar-refractivity contribution < 1.29 is 4.42 Å². The lowest BCUT2D eigenvalue weighted by molar-refractivity contribution is 0.513. The molecule has 0 aliphatic carbocycles. The number of rotatable bonds is 3. The highest BCUT2D eigenvalue weighted by atomic mass is 32.1. The molecule has 2 aromatic heterocycles. The normalized spacial score (nSPS) is 16.7. The summed E-state index contributed by atoms with van der Waals surface area (Å²) in [6.07, 6.45) is -0.0799. The minimum atomic E-state index is -0.0799. The van der Waals surface area contributed by atoms with E-state index in [2.05, 4.69) is 144 Å². The van der Waals surface area contributed by atoms with Crippen molar-refractivity contribution in [1.82, 2.24) is 5.32 Å². The molecule has 2 N–H and O–H groups in total. The quantitative estimate of drug-likeness (QED) is 0.226. The Bertz CT molecular complexity index is 2260. The van der Waals surface area contributed by atoms with Gasteiger partial charge in [0.2, 0.25) is 0 Å². The molecule has 0 spiro atoms. The van der Waals surface area contributed by atoms with Crippen LogP contribution in [0.25, 0.3) is 53.9 Å². The highest BCUT2D eigenvalue weighted by Gasteiger charge is 2.31. The Balaban J connectivity index is 1.15. The van der Waals surface area contributed by atoms with Gasteiger partial charge in [0.1, 0.15) is 17.3 Å². The summed E-state index contributed by atoms with van der Waals surface area (Å²) in [5, 5.41) is 13.9. The third-order valence-corrected chi connectivity index (χ3v) is 9.81. The molecule has 0 saturated heterocycles. The van der Waals surface area contributed by atoms with Gasteiger partial charge in [0, 0.05) is 20.9 Å². The van der Waals surface area contributed by atoms with Crippen molar-refractivity contribution in [3.63, 3.8) is 0 Å². The Hall–Kier alpha value is -4.90. The van der Waals surface area contributed by atoms with Crippen molar-refractivity contribution in [3.05, 3.63) is 149 Å². The first kappa shape index (κ1) is 23.8. The summed E-state index contributed by atoms with van der Waals surface area (Å²) in [7, 11) is 0. The molecule has 0 bridgehead atoms. The van der Waals surface area contributed by atoms with E-state index in [4.69, 9.17) is 4.42 Å². The molecule has 9 rings (SSSR count). The van der Waals surface area contributed by atoms with Gasteiger partial charge in [-0.1, -0.05) is 115 Å². The molecule has 42 heavy (non-hydrogen) atoms. The average Bonchev–Trinajstić information content (AvgIpc) is 3.63. The number of furan rings is 1. The van der Waals surface area contributed by atoms with Crippen molar-refractivity contribution >= 4 is 59.8 Å². The van der Waals surface area contributed by atoms with Gasteiger partial charge in [0.25, 0.3) is 0 Å². The van der Waals surface area contributed by atoms with Crippen LogP contribution in [0.4, 0.5) is 5.69 Å². The van der Waals surface area contributed by atoms with E-state index in [0.717, 1.165) is 22.1 Å². The molecule has 3 heterocycles. The van der Waals surface area contributed by atoms with Crippen LogP contribution in [-0.2, 0) is 0 Å². The topological polar surface area (TPSA) is 37.2 Å². The second-order valence-corrected chi connectivity index (χ2v) is 12.1. The van der Waals surface area contributed by atoms with Crippen molar-refractivity contribution in [1.29, 1.82) is 0 Å². The molecule has 0 amide bonds. The first-order valence-electron chi connectivity index (χ1n) is 14.3. The fourth-order valence-electron chi connectivity index (χ4n) is 6.51. The number of hydrogen-bond acceptors (Lipinski definition) is 4. The van der Waals surface area contributed by atoms with E-state index in [1.54, 1.807) is 0 Å². The van der Waals surface area contributed by atoms with E-state index in [1.807, 2.05) is 11.3 Å². The number of benzene rings is 6. The highest BCUT2D eigenvalue weighted by Crippen LogP contribution is 2.47. The van der Waals surface area contributed by atoms with Crippen molar-refractivity contribution in [2.45, 2.75) is 12.2 Å². The smallest absolute Gasteiger partial charge is 0.136 e. The molecule has 0 radical (unpaired) electrons. The van der Waals surface area contributed by atoms with Crippen LogP contribution in [0.15, 0.2) is 138 Å². The van der Waals surface area contributed by atoms with Gasteiger partial charge in [0.15, 0.2) is 0 Å². The lowest BCUT2D eigenvalue weighted by Crippen LogP contribution is -2.36. The Morgan fingerprint density at radius 2 is 1.31 bits per heavy atom. The van der Waals surface area contributed by atoms with Crippen molar-refractivity contribution in [3.8, 4) is 11.1 Å². The van der Waals surface area contributed by atoms with Crippen molar-refractivity contribution in [2.75, 3.05) is 5.32 Å². The molecular weight excluding hydrogens is 532 g/mol. The van der Waals surface area contributed by atoms with Crippen LogP contribution in [0.3, 0.4) is 0 Å². The molecule has 2 atom stereocenters. The second-order valence-electron chi connectivity index (χ2n) is 11.0. The van der Waals surface area contributed by atoms with Gasteiger partial charge in [-0.25, -0.2) is 0 Å². The zero-order valence-electron chi connectivity index (χ0n) is 22.7. The molecule has 3 nitrogen and oxygen atoms in total. The summed E-state index contributed by atoms with van der Waals surface area (Å²) in [6.45, 7) is 0. The zero-order valence-corrected chi connectivity index (χ0v) is 23.5. The van der Waals surface area contributed by atoms with E-state index in [-0.39, 0.29) is 12.2 Å². The predicted octanol–water partition coefficient (Wildman–Crippen LogP) is 10.4. The lowest BCUT2D eigenvalue weighted by atomic mass is 9.96. The molecule has 2 unspecified atom stereocenters.